The highest BCUT2D eigenvalue weighted by Crippen LogP contribution is 1.98. The van der Waals surface area contributed by atoms with Gasteiger partial charge in [0, 0.05) is 25.8 Å². The van der Waals surface area contributed by atoms with Gasteiger partial charge in [0.05, 0.1) is 13.5 Å². The second-order valence-corrected chi connectivity index (χ2v) is 5.80. The van der Waals surface area contributed by atoms with Crippen molar-refractivity contribution in [3.05, 3.63) is 35.9 Å². The zero-order chi connectivity index (χ0) is 20.1. The molecule has 0 heterocycles. The van der Waals surface area contributed by atoms with E-state index in [1.165, 1.54) is 7.11 Å². The topological polar surface area (TPSA) is 126 Å². The Bertz CT molecular complexity index is 681. The molecule has 27 heavy (non-hydrogen) atoms. The maximum absolute atomic E-state index is 11.7. The number of hydrogen-bond acceptors (Lipinski definition) is 6. The van der Waals surface area contributed by atoms with Crippen molar-refractivity contribution >= 4 is 41.0 Å². The van der Waals surface area contributed by atoms with E-state index in [1.807, 2.05) is 30.3 Å². The number of amides is 3. The number of esters is 1. The first kappa shape index (κ1) is 22.0. The number of nitrogens with one attached hydrogen (secondary N) is 4. The van der Waals surface area contributed by atoms with Crippen LogP contribution in [-0.4, -0.2) is 35.9 Å². The van der Waals surface area contributed by atoms with Gasteiger partial charge < -0.3 is 15.4 Å². The van der Waals surface area contributed by atoms with E-state index in [0.29, 0.717) is 6.54 Å². The first-order valence-corrected chi connectivity index (χ1v) is 8.57. The summed E-state index contributed by atoms with van der Waals surface area (Å²) in [5.74, 6) is -1.72. The van der Waals surface area contributed by atoms with Crippen molar-refractivity contribution in [2.24, 2.45) is 0 Å². The molecule has 9 nitrogen and oxygen atoms in total. The van der Waals surface area contributed by atoms with Crippen molar-refractivity contribution in [3.8, 4) is 0 Å². The highest BCUT2D eigenvalue weighted by molar-refractivity contribution is 7.80. The fourth-order valence-electron chi connectivity index (χ4n) is 1.84. The van der Waals surface area contributed by atoms with Crippen LogP contribution in [-0.2, 0) is 30.5 Å². The van der Waals surface area contributed by atoms with Crippen LogP contribution in [0, 0.1) is 0 Å². The lowest BCUT2D eigenvalue weighted by atomic mass is 10.2. The summed E-state index contributed by atoms with van der Waals surface area (Å²) < 4.78 is 4.42. The molecule has 1 rings (SSSR count). The highest BCUT2D eigenvalue weighted by atomic mass is 32.1. The monoisotopic (exact) mass is 394 g/mol. The number of hydrogen-bond donors (Lipinski definition) is 4. The third-order valence-electron chi connectivity index (χ3n) is 3.26. The maximum atomic E-state index is 11.7. The zero-order valence-corrected chi connectivity index (χ0v) is 15.7. The summed E-state index contributed by atoms with van der Waals surface area (Å²) >= 11 is 4.84. The van der Waals surface area contributed by atoms with Gasteiger partial charge in [0.2, 0.25) is 17.7 Å². The molecule has 1 aromatic rings. The number of methoxy groups -OCH3 is 1. The summed E-state index contributed by atoms with van der Waals surface area (Å²) in [5.41, 5.74) is 5.59. The van der Waals surface area contributed by atoms with Crippen LogP contribution in [0.2, 0.25) is 0 Å². The van der Waals surface area contributed by atoms with Crippen LogP contribution in [0.4, 0.5) is 0 Å². The molecule has 0 aromatic heterocycles. The normalized spacial score (nSPS) is 9.67. The van der Waals surface area contributed by atoms with E-state index in [1.54, 1.807) is 0 Å². The van der Waals surface area contributed by atoms with Gasteiger partial charge in [-0.1, -0.05) is 30.3 Å². The molecule has 3 amide bonds. The van der Waals surface area contributed by atoms with Crippen molar-refractivity contribution < 1.29 is 23.9 Å². The number of ether oxygens (including phenoxy) is 1. The second kappa shape index (κ2) is 12.4. The molecule has 0 fully saturated rings. The first-order chi connectivity index (χ1) is 12.9. The molecule has 0 bridgehead atoms. The molecule has 4 N–H and O–H groups in total. The minimum Gasteiger partial charge on any atom is -0.469 e. The number of rotatable bonds is 8. The van der Waals surface area contributed by atoms with Gasteiger partial charge in [-0.25, -0.2) is 0 Å². The van der Waals surface area contributed by atoms with Gasteiger partial charge in [-0.2, -0.15) is 0 Å². The average molecular weight is 394 g/mol. The number of benzene rings is 1. The number of carbonyl (C=O) groups excluding carboxylic acids is 4. The van der Waals surface area contributed by atoms with Crippen LogP contribution >= 0.6 is 12.2 Å². The minimum absolute atomic E-state index is 0.0125. The van der Waals surface area contributed by atoms with E-state index in [9.17, 15) is 19.2 Å². The molecule has 0 saturated carbocycles. The fourth-order valence-corrected chi connectivity index (χ4v) is 2.00. The zero-order valence-electron chi connectivity index (χ0n) is 14.9. The van der Waals surface area contributed by atoms with Crippen molar-refractivity contribution in [1.82, 2.24) is 21.5 Å². The van der Waals surface area contributed by atoms with E-state index in [0.717, 1.165) is 5.56 Å². The Morgan fingerprint density at radius 2 is 1.52 bits per heavy atom. The predicted molar refractivity (Wildman–Crippen MR) is 101 cm³/mol. The number of thiocarbonyl (C=S) groups is 1. The summed E-state index contributed by atoms with van der Waals surface area (Å²) in [6.07, 6.45) is -0.204. The molecule has 0 aliphatic rings. The molecule has 0 unspecified atom stereocenters. The minimum atomic E-state index is -0.511. The van der Waals surface area contributed by atoms with Crippen LogP contribution < -0.4 is 21.5 Å². The quantitative estimate of drug-likeness (QED) is 0.279. The highest BCUT2D eigenvalue weighted by Gasteiger charge is 2.10. The third-order valence-corrected chi connectivity index (χ3v) is 3.47. The lowest BCUT2D eigenvalue weighted by molar-refractivity contribution is -0.142. The average Bonchev–Trinajstić information content (AvgIpc) is 2.68. The largest absolute Gasteiger partial charge is 0.469 e. The Morgan fingerprint density at radius 1 is 0.889 bits per heavy atom. The standard InChI is InChI=1S/C17H22N4O5S/c1-26-16(25)10-9-14(23)19-17(27)21-20-15(24)8-7-13(22)18-11-12-5-3-2-4-6-12/h2-6H,7-11H2,1H3,(H,18,22)(H,20,24)(H2,19,21,23,27). The van der Waals surface area contributed by atoms with E-state index >= 15 is 0 Å². The fraction of sp³-hybridized carbons (Fsp3) is 0.353. The number of hydrazine groups is 1. The lowest BCUT2D eigenvalue weighted by Crippen LogP contribution is -2.48. The summed E-state index contributed by atoms with van der Waals surface area (Å²) in [6, 6.07) is 9.40. The summed E-state index contributed by atoms with van der Waals surface area (Å²) in [4.78, 5) is 45.8. The van der Waals surface area contributed by atoms with Crippen molar-refractivity contribution in [2.45, 2.75) is 32.2 Å². The second-order valence-electron chi connectivity index (χ2n) is 5.39. The van der Waals surface area contributed by atoms with Gasteiger partial charge in [0.1, 0.15) is 0 Å². The Labute approximate surface area is 162 Å². The molecule has 0 aliphatic heterocycles. The summed E-state index contributed by atoms with van der Waals surface area (Å²) in [5, 5.41) is 4.89. The summed E-state index contributed by atoms with van der Waals surface area (Å²) in [7, 11) is 1.23. The Hall–Kier alpha value is -3.01. The van der Waals surface area contributed by atoms with Crippen LogP contribution in [0.3, 0.4) is 0 Å². The Balaban J connectivity index is 2.15. The van der Waals surface area contributed by atoms with E-state index in [2.05, 4.69) is 26.2 Å². The van der Waals surface area contributed by atoms with Gasteiger partial charge in [-0.05, 0) is 17.8 Å². The van der Waals surface area contributed by atoms with E-state index < -0.39 is 17.8 Å². The molecular formula is C17H22N4O5S. The molecule has 10 heteroatoms. The van der Waals surface area contributed by atoms with Gasteiger partial charge >= 0.3 is 5.97 Å². The lowest BCUT2D eigenvalue weighted by Gasteiger charge is -2.10. The molecule has 0 saturated heterocycles. The molecule has 0 atom stereocenters. The molecule has 0 radical (unpaired) electrons. The molecule has 0 spiro atoms. The van der Waals surface area contributed by atoms with Gasteiger partial charge in [-0.3, -0.25) is 30.0 Å². The van der Waals surface area contributed by atoms with E-state index in [-0.39, 0.29) is 36.7 Å². The molecule has 146 valence electrons. The van der Waals surface area contributed by atoms with Crippen LogP contribution in [0.5, 0.6) is 0 Å². The van der Waals surface area contributed by atoms with E-state index in [4.69, 9.17) is 12.2 Å². The molecule has 0 aliphatic carbocycles. The third kappa shape index (κ3) is 10.5. The van der Waals surface area contributed by atoms with Crippen molar-refractivity contribution in [3.63, 3.8) is 0 Å². The van der Waals surface area contributed by atoms with Gasteiger partial charge in [0.25, 0.3) is 0 Å². The smallest absolute Gasteiger partial charge is 0.306 e. The SMILES string of the molecule is COC(=O)CCC(=O)NC(=S)NNC(=O)CCC(=O)NCc1ccccc1. The predicted octanol–water partition coefficient (Wildman–Crippen LogP) is 0.0581. The van der Waals surface area contributed by atoms with Gasteiger partial charge in [-0.15, -0.1) is 0 Å². The molecule has 1 aromatic carbocycles. The van der Waals surface area contributed by atoms with Crippen molar-refractivity contribution in [2.75, 3.05) is 7.11 Å². The molecular weight excluding hydrogens is 372 g/mol. The Morgan fingerprint density at radius 3 is 2.19 bits per heavy atom. The first-order valence-electron chi connectivity index (χ1n) is 8.16. The number of carbonyl (C=O) groups is 4. The van der Waals surface area contributed by atoms with Crippen LogP contribution in [0.15, 0.2) is 30.3 Å². The Kier molecular flexibility index (Phi) is 10.1. The van der Waals surface area contributed by atoms with Crippen LogP contribution in [0.25, 0.3) is 0 Å². The summed E-state index contributed by atoms with van der Waals surface area (Å²) in [6.45, 7) is 0.390. The van der Waals surface area contributed by atoms with Crippen molar-refractivity contribution in [1.29, 1.82) is 0 Å². The maximum Gasteiger partial charge on any atom is 0.306 e. The van der Waals surface area contributed by atoms with Gasteiger partial charge in [0.15, 0.2) is 5.11 Å². The van der Waals surface area contributed by atoms with Crippen LogP contribution in [0.1, 0.15) is 31.2 Å².